The summed E-state index contributed by atoms with van der Waals surface area (Å²) in [5, 5.41) is 3.22. The molecule has 3 aromatic carbocycles. The summed E-state index contributed by atoms with van der Waals surface area (Å²) in [4.78, 5) is 31.9. The van der Waals surface area contributed by atoms with E-state index < -0.39 is 5.92 Å². The molecule has 0 unspecified atom stereocenters. The lowest BCUT2D eigenvalue weighted by Crippen LogP contribution is -2.50. The smallest absolute Gasteiger partial charge is 0.254 e. The highest BCUT2D eigenvalue weighted by atomic mass is 16.5. The van der Waals surface area contributed by atoms with Gasteiger partial charge < -0.3 is 19.7 Å². The van der Waals surface area contributed by atoms with Crippen molar-refractivity contribution in [2.75, 3.05) is 40.4 Å². The molecule has 7 heteroatoms. The van der Waals surface area contributed by atoms with Crippen LogP contribution in [-0.2, 0) is 24.2 Å². The van der Waals surface area contributed by atoms with Gasteiger partial charge in [-0.2, -0.15) is 0 Å². The standard InChI is InChI=1S/C31H33N3O4/c1-37-26-17-24-25(18-27(26)38-2)31(36)34-15-12-21-8-5-6-10-23(21)29(34)28(24)30(35)32-13-16-33-14-11-20-7-3-4-9-22(20)19-33/h3-10,17-18,28-29H,11-16,19H2,1-2H3,(H,32,35)/t28-,29+/m1/s1. The maximum atomic E-state index is 14.0. The maximum Gasteiger partial charge on any atom is 0.254 e. The minimum Gasteiger partial charge on any atom is -0.493 e. The summed E-state index contributed by atoms with van der Waals surface area (Å²) in [6.45, 7) is 3.77. The van der Waals surface area contributed by atoms with E-state index in [1.807, 2.05) is 23.1 Å². The minimum absolute atomic E-state index is 0.0727. The van der Waals surface area contributed by atoms with Crippen molar-refractivity contribution in [3.05, 3.63) is 94.0 Å². The predicted molar refractivity (Wildman–Crippen MR) is 145 cm³/mol. The monoisotopic (exact) mass is 511 g/mol. The van der Waals surface area contributed by atoms with Crippen LogP contribution in [0, 0.1) is 0 Å². The van der Waals surface area contributed by atoms with Gasteiger partial charge in [0.1, 0.15) is 0 Å². The lowest BCUT2D eigenvalue weighted by molar-refractivity contribution is -0.124. The zero-order valence-electron chi connectivity index (χ0n) is 21.9. The fourth-order valence-corrected chi connectivity index (χ4v) is 6.32. The van der Waals surface area contributed by atoms with Crippen LogP contribution in [0.3, 0.4) is 0 Å². The highest BCUT2D eigenvalue weighted by molar-refractivity contribution is 6.02. The van der Waals surface area contributed by atoms with Crippen LogP contribution in [0.25, 0.3) is 0 Å². The molecule has 6 rings (SSSR count). The fraction of sp³-hybridized carbons (Fsp3) is 0.355. The lowest BCUT2D eigenvalue weighted by Gasteiger charge is -2.45. The summed E-state index contributed by atoms with van der Waals surface area (Å²) in [6, 6.07) is 19.9. The third kappa shape index (κ3) is 4.21. The average molecular weight is 512 g/mol. The van der Waals surface area contributed by atoms with Gasteiger partial charge in [0.2, 0.25) is 5.91 Å². The molecular formula is C31H33N3O4. The van der Waals surface area contributed by atoms with Crippen molar-refractivity contribution < 1.29 is 19.1 Å². The van der Waals surface area contributed by atoms with E-state index in [-0.39, 0.29) is 17.9 Å². The zero-order valence-corrected chi connectivity index (χ0v) is 21.9. The number of fused-ring (bicyclic) bond motifs is 5. The number of rotatable bonds is 6. The van der Waals surface area contributed by atoms with E-state index in [4.69, 9.17) is 9.47 Å². The third-order valence-electron chi connectivity index (χ3n) is 8.25. The molecule has 0 aromatic heterocycles. The summed E-state index contributed by atoms with van der Waals surface area (Å²) in [5.74, 6) is 0.305. The Morgan fingerprint density at radius 2 is 1.58 bits per heavy atom. The van der Waals surface area contributed by atoms with E-state index in [1.54, 1.807) is 20.3 Å². The number of amides is 2. The Hall–Kier alpha value is -3.84. The molecule has 2 atom stereocenters. The van der Waals surface area contributed by atoms with Crippen LogP contribution in [0.2, 0.25) is 0 Å². The first-order chi connectivity index (χ1) is 18.6. The highest BCUT2D eigenvalue weighted by Crippen LogP contribution is 2.48. The normalized spacial score (nSPS) is 20.1. The van der Waals surface area contributed by atoms with Gasteiger partial charge in [-0.15, -0.1) is 0 Å². The molecule has 7 nitrogen and oxygen atoms in total. The van der Waals surface area contributed by atoms with E-state index in [1.165, 1.54) is 16.7 Å². The van der Waals surface area contributed by atoms with Gasteiger partial charge in [0.25, 0.3) is 5.91 Å². The van der Waals surface area contributed by atoms with Gasteiger partial charge in [-0.3, -0.25) is 14.5 Å². The molecule has 3 aliphatic rings. The molecule has 0 saturated carbocycles. The van der Waals surface area contributed by atoms with Crippen molar-refractivity contribution in [3.8, 4) is 11.5 Å². The number of nitrogens with zero attached hydrogens (tertiary/aromatic N) is 2. The van der Waals surface area contributed by atoms with Gasteiger partial charge in [-0.05, 0) is 52.8 Å². The van der Waals surface area contributed by atoms with Gasteiger partial charge in [0.05, 0.1) is 26.2 Å². The number of hydrogen-bond acceptors (Lipinski definition) is 5. The quantitative estimate of drug-likeness (QED) is 0.546. The topological polar surface area (TPSA) is 71.1 Å². The lowest BCUT2D eigenvalue weighted by atomic mass is 9.75. The van der Waals surface area contributed by atoms with Crippen LogP contribution in [0.15, 0.2) is 60.7 Å². The van der Waals surface area contributed by atoms with Gasteiger partial charge in [-0.25, -0.2) is 0 Å². The van der Waals surface area contributed by atoms with Crippen LogP contribution >= 0.6 is 0 Å². The first-order valence-corrected chi connectivity index (χ1v) is 13.3. The molecule has 0 bridgehead atoms. The van der Waals surface area contributed by atoms with E-state index in [2.05, 4.69) is 46.6 Å². The van der Waals surface area contributed by atoms with Crippen LogP contribution in [0.1, 0.15) is 50.1 Å². The SMILES string of the molecule is COc1cc2c(cc1OC)[C@@H](C(=O)NCCN1CCc3ccccc3C1)[C@@H]1c3ccccc3CCN1C2=O. The Labute approximate surface area is 223 Å². The Morgan fingerprint density at radius 1 is 0.895 bits per heavy atom. The van der Waals surface area contributed by atoms with Crippen molar-refractivity contribution in [1.82, 2.24) is 15.1 Å². The van der Waals surface area contributed by atoms with Gasteiger partial charge in [0, 0.05) is 38.3 Å². The van der Waals surface area contributed by atoms with E-state index in [0.717, 1.165) is 38.0 Å². The second kappa shape index (κ2) is 10.1. The number of nitrogens with one attached hydrogen (secondary N) is 1. The van der Waals surface area contributed by atoms with Crippen molar-refractivity contribution in [3.63, 3.8) is 0 Å². The molecule has 3 aromatic rings. The molecule has 0 fully saturated rings. The van der Waals surface area contributed by atoms with E-state index in [9.17, 15) is 9.59 Å². The van der Waals surface area contributed by atoms with Crippen molar-refractivity contribution in [2.24, 2.45) is 0 Å². The van der Waals surface area contributed by atoms with E-state index in [0.29, 0.717) is 35.7 Å². The summed E-state index contributed by atoms with van der Waals surface area (Å²) in [6.07, 6.45) is 1.80. The van der Waals surface area contributed by atoms with Gasteiger partial charge in [0.15, 0.2) is 11.5 Å². The zero-order chi connectivity index (χ0) is 26.2. The first-order valence-electron chi connectivity index (χ1n) is 13.3. The second-order valence-electron chi connectivity index (χ2n) is 10.3. The Bertz CT molecular complexity index is 1390. The molecule has 0 radical (unpaired) electrons. The summed E-state index contributed by atoms with van der Waals surface area (Å²) in [7, 11) is 3.13. The highest BCUT2D eigenvalue weighted by Gasteiger charge is 2.46. The number of hydrogen-bond donors (Lipinski definition) is 1. The molecule has 38 heavy (non-hydrogen) atoms. The number of methoxy groups -OCH3 is 2. The Morgan fingerprint density at radius 3 is 2.37 bits per heavy atom. The molecule has 2 amide bonds. The van der Waals surface area contributed by atoms with Crippen molar-refractivity contribution in [1.29, 1.82) is 0 Å². The summed E-state index contributed by atoms with van der Waals surface area (Å²) in [5.41, 5.74) is 6.20. The molecule has 1 N–H and O–H groups in total. The Kier molecular flexibility index (Phi) is 6.54. The number of carbonyl (C=O) groups is 2. The molecule has 0 aliphatic carbocycles. The molecular weight excluding hydrogens is 478 g/mol. The predicted octanol–water partition coefficient (Wildman–Crippen LogP) is 3.72. The van der Waals surface area contributed by atoms with Gasteiger partial charge >= 0.3 is 0 Å². The van der Waals surface area contributed by atoms with Crippen molar-refractivity contribution >= 4 is 11.8 Å². The summed E-state index contributed by atoms with van der Waals surface area (Å²) >= 11 is 0. The van der Waals surface area contributed by atoms with Crippen LogP contribution in [-0.4, -0.2) is 62.0 Å². The Balaban J connectivity index is 1.29. The fourth-order valence-electron chi connectivity index (χ4n) is 6.32. The number of benzene rings is 3. The van der Waals surface area contributed by atoms with Crippen LogP contribution < -0.4 is 14.8 Å². The maximum absolute atomic E-state index is 14.0. The van der Waals surface area contributed by atoms with Crippen molar-refractivity contribution in [2.45, 2.75) is 31.3 Å². The van der Waals surface area contributed by atoms with E-state index >= 15 is 0 Å². The summed E-state index contributed by atoms with van der Waals surface area (Å²) < 4.78 is 11.1. The van der Waals surface area contributed by atoms with Crippen LogP contribution in [0.4, 0.5) is 0 Å². The average Bonchev–Trinajstić information content (AvgIpc) is 2.96. The minimum atomic E-state index is -0.550. The van der Waals surface area contributed by atoms with Gasteiger partial charge in [-0.1, -0.05) is 48.5 Å². The number of carbonyl (C=O) groups excluding carboxylic acids is 2. The molecule has 3 aliphatic heterocycles. The first kappa shape index (κ1) is 24.5. The number of ether oxygens (including phenoxy) is 2. The van der Waals surface area contributed by atoms with Crippen LogP contribution in [0.5, 0.6) is 11.5 Å². The third-order valence-corrected chi connectivity index (χ3v) is 8.25. The second-order valence-corrected chi connectivity index (χ2v) is 10.3. The molecule has 3 heterocycles. The molecule has 0 saturated heterocycles. The molecule has 0 spiro atoms. The molecule has 196 valence electrons. The largest absolute Gasteiger partial charge is 0.493 e.